The van der Waals surface area contributed by atoms with Crippen molar-refractivity contribution < 1.29 is 22.3 Å². The molecule has 0 bridgehead atoms. The molecule has 1 aliphatic rings. The normalized spacial score (nSPS) is 15.2. The summed E-state index contributed by atoms with van der Waals surface area (Å²) in [6.45, 7) is 4.57. The molecule has 3 rings (SSSR count). The highest BCUT2D eigenvalue weighted by atomic mass is 79.9. The average molecular weight is 499 g/mol. The maximum atomic E-state index is 14.1. The van der Waals surface area contributed by atoms with Crippen LogP contribution in [0.15, 0.2) is 45.8 Å². The molecule has 2 aromatic rings. The second kappa shape index (κ2) is 9.45. The lowest BCUT2D eigenvalue weighted by Crippen LogP contribution is -2.35. The molecule has 1 amide bonds. The number of ether oxygens (including phenoxy) is 1. The van der Waals surface area contributed by atoms with E-state index < -0.39 is 21.7 Å². The molecule has 0 saturated carbocycles. The van der Waals surface area contributed by atoms with Crippen molar-refractivity contribution in [2.75, 3.05) is 18.4 Å². The minimum atomic E-state index is -3.70. The Morgan fingerprint density at radius 1 is 1.13 bits per heavy atom. The van der Waals surface area contributed by atoms with Crippen LogP contribution in [0.3, 0.4) is 0 Å². The first kappa shape index (κ1) is 22.7. The molecular weight excluding hydrogens is 475 g/mol. The zero-order valence-corrected chi connectivity index (χ0v) is 19.2. The van der Waals surface area contributed by atoms with Gasteiger partial charge in [0, 0.05) is 17.6 Å². The molecule has 9 heteroatoms. The molecule has 0 spiro atoms. The number of hydrogen-bond donors (Lipinski definition) is 1. The Morgan fingerprint density at radius 3 is 2.50 bits per heavy atom. The highest BCUT2D eigenvalue weighted by Crippen LogP contribution is 2.31. The Labute approximate surface area is 184 Å². The zero-order chi connectivity index (χ0) is 21.9. The van der Waals surface area contributed by atoms with Crippen molar-refractivity contribution in [2.45, 2.75) is 44.1 Å². The number of benzene rings is 2. The van der Waals surface area contributed by atoms with Crippen LogP contribution in [0.2, 0.25) is 0 Å². The van der Waals surface area contributed by atoms with Gasteiger partial charge in [0.1, 0.15) is 11.6 Å². The number of nitrogens with one attached hydrogen (secondary N) is 1. The van der Waals surface area contributed by atoms with Gasteiger partial charge in [0.15, 0.2) is 0 Å². The minimum Gasteiger partial charge on any atom is -0.489 e. The maximum absolute atomic E-state index is 14.1. The summed E-state index contributed by atoms with van der Waals surface area (Å²) in [7, 11) is -3.70. The fourth-order valence-corrected chi connectivity index (χ4v) is 5.14. The van der Waals surface area contributed by atoms with Crippen molar-refractivity contribution >= 4 is 37.5 Å². The number of nitrogens with zero attached hydrogens (tertiary/aromatic N) is 1. The van der Waals surface area contributed by atoms with Crippen LogP contribution in [0.4, 0.5) is 10.1 Å². The van der Waals surface area contributed by atoms with Gasteiger partial charge in [-0.05, 0) is 63.1 Å². The van der Waals surface area contributed by atoms with Crippen LogP contribution in [0, 0.1) is 5.82 Å². The van der Waals surface area contributed by atoms with Crippen LogP contribution in [0.5, 0.6) is 5.75 Å². The van der Waals surface area contributed by atoms with E-state index in [-0.39, 0.29) is 22.3 Å². The molecule has 1 aliphatic heterocycles. The Bertz CT molecular complexity index is 1040. The molecule has 1 N–H and O–H groups in total. The van der Waals surface area contributed by atoms with Crippen LogP contribution >= 0.6 is 15.9 Å². The van der Waals surface area contributed by atoms with E-state index in [1.54, 1.807) is 0 Å². The SMILES string of the molecule is CC(C)Oc1ccc(S(=O)(=O)N2CCCCC2)cc1NC(=O)c1cc(Br)ccc1F. The minimum absolute atomic E-state index is 0.0607. The zero-order valence-electron chi connectivity index (χ0n) is 16.8. The second-order valence-electron chi connectivity index (χ2n) is 7.37. The first-order chi connectivity index (χ1) is 14.2. The van der Waals surface area contributed by atoms with Gasteiger partial charge in [0.25, 0.3) is 5.91 Å². The third kappa shape index (κ3) is 5.19. The predicted octanol–water partition coefficient (Wildman–Crippen LogP) is 4.80. The number of hydrogen-bond acceptors (Lipinski definition) is 4. The van der Waals surface area contributed by atoms with Crippen LogP contribution < -0.4 is 10.1 Å². The smallest absolute Gasteiger partial charge is 0.258 e. The standard InChI is InChI=1S/C21H24BrFN2O4S/c1-14(2)29-20-9-7-16(30(27,28)25-10-4-3-5-11-25)13-19(20)24-21(26)17-12-15(22)6-8-18(17)23/h6-9,12-14H,3-5,10-11H2,1-2H3,(H,24,26). The molecule has 0 atom stereocenters. The summed E-state index contributed by atoms with van der Waals surface area (Å²) in [5.41, 5.74) is 0.00956. The first-order valence-corrected chi connectivity index (χ1v) is 12.0. The summed E-state index contributed by atoms with van der Waals surface area (Å²) in [5, 5.41) is 2.61. The van der Waals surface area contributed by atoms with E-state index in [4.69, 9.17) is 4.74 Å². The van der Waals surface area contributed by atoms with Crippen LogP contribution in [0.1, 0.15) is 43.5 Å². The van der Waals surface area contributed by atoms with Crippen molar-refractivity contribution in [1.29, 1.82) is 0 Å². The number of halogens is 2. The lowest BCUT2D eigenvalue weighted by molar-refractivity contribution is 0.102. The van der Waals surface area contributed by atoms with Gasteiger partial charge in [0.2, 0.25) is 10.0 Å². The highest BCUT2D eigenvalue weighted by molar-refractivity contribution is 9.10. The third-order valence-electron chi connectivity index (χ3n) is 4.69. The molecule has 2 aromatic carbocycles. The number of amides is 1. The third-order valence-corrected chi connectivity index (χ3v) is 7.08. The monoisotopic (exact) mass is 498 g/mol. The quantitative estimate of drug-likeness (QED) is 0.620. The maximum Gasteiger partial charge on any atom is 0.258 e. The van der Waals surface area contributed by atoms with Gasteiger partial charge < -0.3 is 10.1 Å². The molecule has 1 fully saturated rings. The molecule has 0 aliphatic carbocycles. The van der Waals surface area contributed by atoms with Crippen LogP contribution in [-0.4, -0.2) is 37.8 Å². The Hall–Kier alpha value is -1.97. The van der Waals surface area contributed by atoms with E-state index in [9.17, 15) is 17.6 Å². The summed E-state index contributed by atoms with van der Waals surface area (Å²) in [4.78, 5) is 12.8. The van der Waals surface area contributed by atoms with Crippen molar-refractivity contribution in [3.05, 3.63) is 52.3 Å². The van der Waals surface area contributed by atoms with E-state index in [1.807, 2.05) is 13.8 Å². The summed E-state index contributed by atoms with van der Waals surface area (Å²) in [6, 6.07) is 8.39. The van der Waals surface area contributed by atoms with Crippen molar-refractivity contribution in [2.24, 2.45) is 0 Å². The average Bonchev–Trinajstić information content (AvgIpc) is 2.71. The number of carbonyl (C=O) groups is 1. The van der Waals surface area contributed by atoms with Crippen molar-refractivity contribution in [3.8, 4) is 5.75 Å². The summed E-state index contributed by atoms with van der Waals surface area (Å²) < 4.78 is 47.9. The number of anilines is 1. The molecule has 0 aromatic heterocycles. The molecule has 0 radical (unpaired) electrons. The van der Waals surface area contributed by atoms with Crippen LogP contribution in [0.25, 0.3) is 0 Å². The molecule has 0 unspecified atom stereocenters. The highest BCUT2D eigenvalue weighted by Gasteiger charge is 2.27. The lowest BCUT2D eigenvalue weighted by atomic mass is 10.2. The van der Waals surface area contributed by atoms with Crippen molar-refractivity contribution in [3.63, 3.8) is 0 Å². The fourth-order valence-electron chi connectivity index (χ4n) is 3.24. The Kier molecular flexibility index (Phi) is 7.15. The molecule has 1 saturated heterocycles. The Balaban J connectivity index is 1.97. The van der Waals surface area contributed by atoms with Gasteiger partial charge in [-0.3, -0.25) is 4.79 Å². The summed E-state index contributed by atoms with van der Waals surface area (Å²) >= 11 is 3.22. The summed E-state index contributed by atoms with van der Waals surface area (Å²) in [5.74, 6) is -1.07. The van der Waals surface area contributed by atoms with Gasteiger partial charge >= 0.3 is 0 Å². The largest absolute Gasteiger partial charge is 0.489 e. The number of carbonyl (C=O) groups excluding carboxylic acids is 1. The molecule has 162 valence electrons. The number of rotatable bonds is 6. The molecule has 6 nitrogen and oxygen atoms in total. The van der Waals surface area contributed by atoms with Crippen molar-refractivity contribution in [1.82, 2.24) is 4.31 Å². The van der Waals surface area contributed by atoms with E-state index in [1.165, 1.54) is 40.7 Å². The lowest BCUT2D eigenvalue weighted by Gasteiger charge is -2.26. The summed E-state index contributed by atoms with van der Waals surface area (Å²) in [6.07, 6.45) is 2.44. The van der Waals surface area contributed by atoms with Gasteiger partial charge in [-0.2, -0.15) is 4.31 Å². The Morgan fingerprint density at radius 2 is 1.83 bits per heavy atom. The fraction of sp³-hybridized carbons (Fsp3) is 0.381. The number of sulfonamides is 1. The first-order valence-electron chi connectivity index (χ1n) is 9.76. The van der Waals surface area contributed by atoms with Gasteiger partial charge in [-0.25, -0.2) is 12.8 Å². The van der Waals surface area contributed by atoms with Gasteiger partial charge in [0.05, 0.1) is 22.3 Å². The predicted molar refractivity (Wildman–Crippen MR) is 117 cm³/mol. The topological polar surface area (TPSA) is 75.7 Å². The van der Waals surface area contributed by atoms with E-state index >= 15 is 0 Å². The van der Waals surface area contributed by atoms with Gasteiger partial charge in [-0.1, -0.05) is 22.4 Å². The van der Waals surface area contributed by atoms with E-state index in [0.717, 1.165) is 19.3 Å². The van der Waals surface area contributed by atoms with E-state index in [2.05, 4.69) is 21.2 Å². The van der Waals surface area contributed by atoms with E-state index in [0.29, 0.717) is 23.3 Å². The van der Waals surface area contributed by atoms with Crippen LogP contribution in [-0.2, 0) is 10.0 Å². The molecule has 1 heterocycles. The molecule has 30 heavy (non-hydrogen) atoms. The number of piperidine rings is 1. The molecular formula is C21H24BrFN2O4S. The van der Waals surface area contributed by atoms with Gasteiger partial charge in [-0.15, -0.1) is 0 Å². The second-order valence-corrected chi connectivity index (χ2v) is 10.2.